The molecule has 0 fully saturated rings. The second-order valence-corrected chi connectivity index (χ2v) is 9.46. The van der Waals surface area contributed by atoms with Crippen LogP contribution in [0.25, 0.3) is 6.08 Å². The number of hydroxylamine groups is 1. The van der Waals surface area contributed by atoms with E-state index in [1.165, 1.54) is 0 Å². The normalized spacial score (nSPS) is 13.6. The molecule has 6 heteroatoms. The van der Waals surface area contributed by atoms with E-state index in [0.717, 1.165) is 41.6 Å². The summed E-state index contributed by atoms with van der Waals surface area (Å²) in [6, 6.07) is 19.1. The van der Waals surface area contributed by atoms with Gasteiger partial charge in [0.15, 0.2) is 5.75 Å². The van der Waals surface area contributed by atoms with Crippen LogP contribution in [0.15, 0.2) is 60.3 Å². The molecule has 0 aliphatic carbocycles. The fourth-order valence-corrected chi connectivity index (χ4v) is 6.13. The molecule has 0 atom stereocenters. The topological polar surface area (TPSA) is 40.2 Å². The van der Waals surface area contributed by atoms with Gasteiger partial charge in [-0.25, -0.2) is 0 Å². The van der Waals surface area contributed by atoms with Gasteiger partial charge in [-0.2, -0.15) is 5.06 Å². The molecule has 1 heterocycles. The Morgan fingerprint density at radius 3 is 2.10 bits per heavy atom. The molecule has 0 bridgehead atoms. The third kappa shape index (κ3) is 5.48. The van der Waals surface area contributed by atoms with E-state index in [9.17, 15) is 0 Å². The molecule has 1 aliphatic rings. The van der Waals surface area contributed by atoms with Crippen LogP contribution in [0.4, 0.5) is 5.69 Å². The van der Waals surface area contributed by atoms with Crippen LogP contribution >= 0.6 is 0 Å². The lowest BCUT2D eigenvalue weighted by Crippen LogP contribution is -2.46. The van der Waals surface area contributed by atoms with Gasteiger partial charge in [0.05, 0.1) is 11.4 Å². The Balaban J connectivity index is 1.78. The van der Waals surface area contributed by atoms with Gasteiger partial charge in [0, 0.05) is 31.4 Å². The third-order valence-electron chi connectivity index (χ3n) is 4.69. The summed E-state index contributed by atoms with van der Waals surface area (Å²) >= 11 is 0. The Labute approximate surface area is 175 Å². The van der Waals surface area contributed by atoms with E-state index in [1.54, 1.807) is 0 Å². The van der Waals surface area contributed by atoms with Gasteiger partial charge in [0.25, 0.3) is 0 Å². The van der Waals surface area contributed by atoms with Gasteiger partial charge < -0.3 is 18.1 Å². The minimum atomic E-state index is -2.64. The molecule has 3 rings (SSSR count). The van der Waals surface area contributed by atoms with Crippen molar-refractivity contribution in [2.75, 3.05) is 24.9 Å². The van der Waals surface area contributed by atoms with E-state index >= 15 is 0 Å². The number of para-hydroxylation sites is 2. The number of rotatable bonds is 11. The van der Waals surface area contributed by atoms with Crippen LogP contribution in [0.3, 0.4) is 0 Å². The number of anilines is 1. The quantitative estimate of drug-likeness (QED) is 0.444. The van der Waals surface area contributed by atoms with E-state index in [0.29, 0.717) is 19.8 Å². The number of hydrogen-bond acceptors (Lipinski definition) is 5. The molecule has 2 aromatic carbocycles. The minimum Gasteiger partial charge on any atom is -0.374 e. The number of nitrogens with zero attached hydrogens (tertiary/aromatic N) is 1. The van der Waals surface area contributed by atoms with Gasteiger partial charge in [-0.15, -0.1) is 0 Å². The lowest BCUT2D eigenvalue weighted by Gasteiger charge is -2.32. The van der Waals surface area contributed by atoms with E-state index in [2.05, 4.69) is 24.3 Å². The summed E-state index contributed by atoms with van der Waals surface area (Å²) in [5.74, 6) is 0.863. The molecule has 0 radical (unpaired) electrons. The van der Waals surface area contributed by atoms with E-state index in [4.69, 9.17) is 18.1 Å². The first-order chi connectivity index (χ1) is 14.2. The Morgan fingerprint density at radius 2 is 1.45 bits per heavy atom. The van der Waals surface area contributed by atoms with Crippen LogP contribution in [0.2, 0.25) is 6.04 Å². The van der Waals surface area contributed by atoms with Crippen molar-refractivity contribution in [1.29, 1.82) is 0 Å². The average Bonchev–Trinajstić information content (AvgIpc) is 2.74. The van der Waals surface area contributed by atoms with Crippen LogP contribution in [0, 0.1) is 0 Å². The molecule has 0 spiro atoms. The van der Waals surface area contributed by atoms with Gasteiger partial charge in [0.1, 0.15) is 0 Å². The standard InChI is InChI=1S/C23H31NO4Si/c1-4-25-29(26-5-2,27-6-3)18-12-16-22-19-20-13-10-11-17-23(20)28-24(22)21-14-8-7-9-15-21/h7-11,13-15,17,19H,4-6,12,16,18H2,1-3H3. The molecular formula is C23H31NO4Si. The van der Waals surface area contributed by atoms with Crippen molar-refractivity contribution in [3.05, 3.63) is 65.9 Å². The first-order valence-corrected chi connectivity index (χ1v) is 12.4. The molecule has 29 heavy (non-hydrogen) atoms. The molecule has 0 aromatic heterocycles. The summed E-state index contributed by atoms with van der Waals surface area (Å²) in [5.41, 5.74) is 3.22. The van der Waals surface area contributed by atoms with Crippen LogP contribution in [0.1, 0.15) is 39.2 Å². The monoisotopic (exact) mass is 413 g/mol. The van der Waals surface area contributed by atoms with E-state index < -0.39 is 8.80 Å². The SMILES string of the molecule is CCO[Si](CCCC1=Cc2ccccc2ON1c1ccccc1)(OCC)OCC. The van der Waals surface area contributed by atoms with Crippen molar-refractivity contribution in [3.8, 4) is 5.75 Å². The second-order valence-electron chi connectivity index (χ2n) is 6.73. The molecule has 156 valence electrons. The van der Waals surface area contributed by atoms with Crippen molar-refractivity contribution >= 4 is 20.6 Å². The molecule has 0 saturated carbocycles. The average molecular weight is 414 g/mol. The predicted molar refractivity (Wildman–Crippen MR) is 119 cm³/mol. The lowest BCUT2D eigenvalue weighted by atomic mass is 10.1. The fourth-order valence-electron chi connectivity index (χ4n) is 3.52. The molecule has 0 unspecified atom stereocenters. The van der Waals surface area contributed by atoms with Crippen molar-refractivity contribution in [2.24, 2.45) is 0 Å². The smallest absolute Gasteiger partial charge is 0.374 e. The summed E-state index contributed by atoms with van der Waals surface area (Å²) in [5, 5.41) is 1.92. The number of benzene rings is 2. The number of allylic oxidation sites excluding steroid dienone is 1. The van der Waals surface area contributed by atoms with Gasteiger partial charge in [-0.1, -0.05) is 36.4 Å². The Morgan fingerprint density at radius 1 is 0.828 bits per heavy atom. The number of fused-ring (bicyclic) bond motifs is 1. The molecule has 0 N–H and O–H groups in total. The highest BCUT2D eigenvalue weighted by molar-refractivity contribution is 6.60. The van der Waals surface area contributed by atoms with Crippen LogP contribution in [0.5, 0.6) is 5.75 Å². The maximum absolute atomic E-state index is 6.24. The Bertz CT molecular complexity index is 779. The molecule has 0 saturated heterocycles. The van der Waals surface area contributed by atoms with E-state index in [1.807, 2.05) is 62.2 Å². The van der Waals surface area contributed by atoms with Crippen LogP contribution in [-0.2, 0) is 13.3 Å². The predicted octanol–water partition coefficient (Wildman–Crippen LogP) is 5.67. The van der Waals surface area contributed by atoms with Gasteiger partial charge in [0.2, 0.25) is 0 Å². The molecule has 1 aliphatic heterocycles. The zero-order valence-electron chi connectivity index (χ0n) is 17.6. The molecule has 0 amide bonds. The minimum absolute atomic E-state index is 0.599. The van der Waals surface area contributed by atoms with Crippen molar-refractivity contribution in [2.45, 2.75) is 39.7 Å². The summed E-state index contributed by atoms with van der Waals surface area (Å²) in [6.07, 6.45) is 3.94. The molecule has 2 aromatic rings. The zero-order valence-corrected chi connectivity index (χ0v) is 18.6. The Hall–Kier alpha value is -2.12. The van der Waals surface area contributed by atoms with Crippen LogP contribution < -0.4 is 9.90 Å². The third-order valence-corrected chi connectivity index (χ3v) is 7.84. The maximum atomic E-state index is 6.24. The summed E-state index contributed by atoms with van der Waals surface area (Å²) in [6.45, 7) is 7.77. The van der Waals surface area contributed by atoms with Crippen molar-refractivity contribution < 1.29 is 18.1 Å². The second kappa shape index (κ2) is 10.6. The van der Waals surface area contributed by atoms with Crippen LogP contribution in [-0.4, -0.2) is 28.6 Å². The van der Waals surface area contributed by atoms with Gasteiger partial charge in [-0.3, -0.25) is 0 Å². The molecular weight excluding hydrogens is 382 g/mol. The first-order valence-electron chi connectivity index (χ1n) is 10.5. The summed E-state index contributed by atoms with van der Waals surface area (Å²) in [4.78, 5) is 6.24. The summed E-state index contributed by atoms with van der Waals surface area (Å²) in [7, 11) is -2.64. The Kier molecular flexibility index (Phi) is 7.89. The van der Waals surface area contributed by atoms with Gasteiger partial charge in [-0.05, 0) is 57.9 Å². The van der Waals surface area contributed by atoms with E-state index in [-0.39, 0.29) is 0 Å². The highest BCUT2D eigenvalue weighted by Crippen LogP contribution is 2.34. The zero-order chi connectivity index (χ0) is 20.5. The first kappa shape index (κ1) is 21.6. The lowest BCUT2D eigenvalue weighted by molar-refractivity contribution is 0.0708. The fraction of sp³-hybridized carbons (Fsp3) is 0.391. The summed E-state index contributed by atoms with van der Waals surface area (Å²) < 4.78 is 18.0. The number of hydrogen-bond donors (Lipinski definition) is 0. The van der Waals surface area contributed by atoms with Crippen molar-refractivity contribution in [1.82, 2.24) is 0 Å². The largest absolute Gasteiger partial charge is 0.500 e. The van der Waals surface area contributed by atoms with Crippen molar-refractivity contribution in [3.63, 3.8) is 0 Å². The highest BCUT2D eigenvalue weighted by Gasteiger charge is 2.40. The van der Waals surface area contributed by atoms with Gasteiger partial charge >= 0.3 is 8.80 Å². The molecule has 5 nitrogen and oxygen atoms in total. The highest BCUT2D eigenvalue weighted by atomic mass is 28.4. The maximum Gasteiger partial charge on any atom is 0.500 e.